The van der Waals surface area contributed by atoms with Crippen molar-refractivity contribution < 1.29 is 22.7 Å². The summed E-state index contributed by atoms with van der Waals surface area (Å²) in [5, 5.41) is 0. The summed E-state index contributed by atoms with van der Waals surface area (Å²) in [5.41, 5.74) is -2.22. The van der Waals surface area contributed by atoms with Crippen molar-refractivity contribution in [1.29, 1.82) is 0 Å². The number of hydrogen-bond donors (Lipinski definition) is 0. The molecule has 0 N–H and O–H groups in total. The van der Waals surface area contributed by atoms with Gasteiger partial charge in [0.2, 0.25) is 0 Å². The Hall–Kier alpha value is -1.30. The van der Waals surface area contributed by atoms with Crippen LogP contribution >= 0.6 is 11.6 Å². The van der Waals surface area contributed by atoms with Gasteiger partial charge in [-0.25, -0.2) is 4.79 Å². The standard InChI is InChI=1S/C7H3ClF3NO2/c8-6(13)14-5-1-4(2-12-3-5)7(9,10)11/h1-3H. The highest BCUT2D eigenvalue weighted by Gasteiger charge is 2.31. The van der Waals surface area contributed by atoms with Crippen molar-refractivity contribution in [3.05, 3.63) is 24.0 Å². The van der Waals surface area contributed by atoms with Crippen LogP contribution in [0.1, 0.15) is 5.56 Å². The molecule has 0 aliphatic rings. The fourth-order valence-corrected chi connectivity index (χ4v) is 0.811. The van der Waals surface area contributed by atoms with E-state index in [0.717, 1.165) is 6.20 Å². The Bertz CT molecular complexity index is 353. The molecule has 76 valence electrons. The lowest BCUT2D eigenvalue weighted by Crippen LogP contribution is -2.06. The number of aromatic nitrogens is 1. The zero-order chi connectivity index (χ0) is 10.8. The van der Waals surface area contributed by atoms with Gasteiger partial charge in [0, 0.05) is 17.8 Å². The summed E-state index contributed by atoms with van der Waals surface area (Å²) in [5.74, 6) is -0.347. The van der Waals surface area contributed by atoms with E-state index in [1.54, 1.807) is 0 Å². The molecule has 0 bridgehead atoms. The highest BCUT2D eigenvalue weighted by atomic mass is 35.5. The van der Waals surface area contributed by atoms with Gasteiger partial charge >= 0.3 is 11.6 Å². The van der Waals surface area contributed by atoms with Crippen molar-refractivity contribution in [1.82, 2.24) is 4.98 Å². The quantitative estimate of drug-likeness (QED) is 0.690. The van der Waals surface area contributed by atoms with Crippen molar-refractivity contribution in [3.63, 3.8) is 0 Å². The number of carbonyl (C=O) groups excluding carboxylic acids is 1. The lowest BCUT2D eigenvalue weighted by atomic mass is 10.3. The van der Waals surface area contributed by atoms with Crippen molar-refractivity contribution in [3.8, 4) is 5.75 Å². The Kier molecular flexibility index (Phi) is 2.95. The largest absolute Gasteiger partial charge is 0.418 e. The first-order valence-corrected chi connectivity index (χ1v) is 3.67. The van der Waals surface area contributed by atoms with Gasteiger partial charge in [0.15, 0.2) is 5.75 Å². The fraction of sp³-hybridized carbons (Fsp3) is 0.143. The molecule has 1 heterocycles. The van der Waals surface area contributed by atoms with Crippen LogP contribution in [0.5, 0.6) is 5.75 Å². The van der Waals surface area contributed by atoms with Crippen LogP contribution in [0.2, 0.25) is 0 Å². The first-order valence-electron chi connectivity index (χ1n) is 3.29. The molecule has 14 heavy (non-hydrogen) atoms. The molecule has 0 fully saturated rings. The SMILES string of the molecule is O=C(Cl)Oc1cncc(C(F)(F)F)c1. The van der Waals surface area contributed by atoms with Gasteiger partial charge in [-0.15, -0.1) is 0 Å². The van der Waals surface area contributed by atoms with Crippen LogP contribution in [0.4, 0.5) is 18.0 Å². The molecule has 0 amide bonds. The van der Waals surface area contributed by atoms with Crippen LogP contribution in [0, 0.1) is 0 Å². The van der Waals surface area contributed by atoms with Crippen LogP contribution < -0.4 is 4.74 Å². The van der Waals surface area contributed by atoms with Crippen molar-refractivity contribution in [2.45, 2.75) is 6.18 Å². The van der Waals surface area contributed by atoms with E-state index >= 15 is 0 Å². The van der Waals surface area contributed by atoms with Gasteiger partial charge in [0.05, 0.1) is 11.8 Å². The van der Waals surface area contributed by atoms with Gasteiger partial charge in [-0.05, 0) is 6.07 Å². The minimum Gasteiger partial charge on any atom is -0.413 e. The summed E-state index contributed by atoms with van der Waals surface area (Å²) in [6.45, 7) is 0. The van der Waals surface area contributed by atoms with Crippen LogP contribution in [-0.2, 0) is 6.18 Å². The zero-order valence-electron chi connectivity index (χ0n) is 6.51. The van der Waals surface area contributed by atoms with Gasteiger partial charge in [0.25, 0.3) is 0 Å². The van der Waals surface area contributed by atoms with Crippen molar-refractivity contribution in [2.75, 3.05) is 0 Å². The van der Waals surface area contributed by atoms with Gasteiger partial charge in [0.1, 0.15) is 0 Å². The van der Waals surface area contributed by atoms with E-state index in [2.05, 4.69) is 9.72 Å². The number of alkyl halides is 3. The normalized spacial score (nSPS) is 11.1. The molecule has 0 atom stereocenters. The summed E-state index contributed by atoms with van der Waals surface area (Å²) in [6.07, 6.45) is -2.96. The van der Waals surface area contributed by atoms with Crippen molar-refractivity contribution in [2.24, 2.45) is 0 Å². The van der Waals surface area contributed by atoms with Crippen LogP contribution in [0.25, 0.3) is 0 Å². The molecule has 1 rings (SSSR count). The van der Waals surface area contributed by atoms with E-state index < -0.39 is 17.2 Å². The molecule has 0 aliphatic heterocycles. The van der Waals surface area contributed by atoms with E-state index in [1.165, 1.54) is 0 Å². The third-order valence-corrected chi connectivity index (χ3v) is 1.32. The number of nitrogens with zero attached hydrogens (tertiary/aromatic N) is 1. The maximum atomic E-state index is 12.1. The lowest BCUT2D eigenvalue weighted by molar-refractivity contribution is -0.137. The summed E-state index contributed by atoms with van der Waals surface area (Å²) < 4.78 is 40.5. The summed E-state index contributed by atoms with van der Waals surface area (Å²) in [6, 6.07) is 0.632. The molecule has 0 saturated heterocycles. The molecule has 7 heteroatoms. The highest BCUT2D eigenvalue weighted by molar-refractivity contribution is 6.61. The van der Waals surface area contributed by atoms with Gasteiger partial charge in [-0.3, -0.25) is 4.98 Å². The van der Waals surface area contributed by atoms with E-state index in [9.17, 15) is 18.0 Å². The second-order valence-corrected chi connectivity index (χ2v) is 2.56. The third kappa shape index (κ3) is 2.88. The molecular weight excluding hydrogens is 223 g/mol. The summed E-state index contributed by atoms with van der Waals surface area (Å²) in [7, 11) is 0. The minimum absolute atomic E-state index is 0.347. The maximum Gasteiger partial charge on any atom is 0.418 e. The number of halogens is 4. The molecule has 0 unspecified atom stereocenters. The second kappa shape index (κ2) is 3.83. The van der Waals surface area contributed by atoms with E-state index in [0.29, 0.717) is 12.3 Å². The Balaban J connectivity index is 2.95. The molecule has 0 radical (unpaired) electrons. The number of pyridine rings is 1. The van der Waals surface area contributed by atoms with Gasteiger partial charge in [-0.2, -0.15) is 13.2 Å². The molecule has 1 aromatic heterocycles. The Morgan fingerprint density at radius 2 is 2.07 bits per heavy atom. The molecule has 1 aromatic rings. The van der Waals surface area contributed by atoms with E-state index in [-0.39, 0.29) is 5.75 Å². The predicted molar refractivity (Wildman–Crippen MR) is 41.1 cm³/mol. The molecule has 0 aliphatic carbocycles. The maximum absolute atomic E-state index is 12.1. The molecule has 0 saturated carbocycles. The predicted octanol–water partition coefficient (Wildman–Crippen LogP) is 2.84. The fourth-order valence-electron chi connectivity index (χ4n) is 0.722. The molecular formula is C7H3ClF3NO2. The van der Waals surface area contributed by atoms with Gasteiger partial charge < -0.3 is 4.74 Å². The van der Waals surface area contributed by atoms with Crippen LogP contribution in [0.3, 0.4) is 0 Å². The lowest BCUT2D eigenvalue weighted by Gasteiger charge is -2.06. The third-order valence-electron chi connectivity index (χ3n) is 1.24. The average molecular weight is 226 g/mol. The van der Waals surface area contributed by atoms with E-state index in [4.69, 9.17) is 11.6 Å². The first-order chi connectivity index (χ1) is 6.39. The monoisotopic (exact) mass is 225 g/mol. The Morgan fingerprint density at radius 1 is 1.43 bits per heavy atom. The Labute approximate surface area is 81.5 Å². The number of rotatable bonds is 1. The number of carbonyl (C=O) groups is 1. The topological polar surface area (TPSA) is 39.2 Å². The second-order valence-electron chi connectivity index (χ2n) is 2.25. The Morgan fingerprint density at radius 3 is 2.57 bits per heavy atom. The van der Waals surface area contributed by atoms with Crippen molar-refractivity contribution >= 4 is 17.0 Å². The first kappa shape index (κ1) is 10.8. The van der Waals surface area contributed by atoms with Crippen LogP contribution in [0.15, 0.2) is 18.5 Å². The minimum atomic E-state index is -4.53. The zero-order valence-corrected chi connectivity index (χ0v) is 7.26. The summed E-state index contributed by atoms with van der Waals surface area (Å²) in [4.78, 5) is 13.5. The number of hydrogen-bond acceptors (Lipinski definition) is 3. The van der Waals surface area contributed by atoms with Gasteiger partial charge in [-0.1, -0.05) is 0 Å². The molecule has 0 aromatic carbocycles. The highest BCUT2D eigenvalue weighted by Crippen LogP contribution is 2.30. The summed E-state index contributed by atoms with van der Waals surface area (Å²) >= 11 is 4.81. The van der Waals surface area contributed by atoms with E-state index in [1.807, 2.05) is 0 Å². The molecule has 3 nitrogen and oxygen atoms in total. The number of ether oxygens (including phenoxy) is 1. The smallest absolute Gasteiger partial charge is 0.413 e. The average Bonchev–Trinajstić information content (AvgIpc) is 2.01. The van der Waals surface area contributed by atoms with Crippen LogP contribution in [-0.4, -0.2) is 10.4 Å². The molecule has 0 spiro atoms.